The molecule has 28 heavy (non-hydrogen) atoms. The standard InChI is InChI=1S/C20H24N2O5S/c1-14-8-9-15(2)19(18(14)20(23)21-24)28(25,26)22-12-10-17(11-13-22)27-16-6-4-3-5-7-16/h3-9,17,24H,10-13H2,1-2H3,(H,21,23). The van der Waals surface area contributed by atoms with Crippen LogP contribution in [-0.4, -0.2) is 43.0 Å². The topological polar surface area (TPSA) is 95.9 Å². The van der Waals surface area contributed by atoms with E-state index < -0.39 is 15.9 Å². The third-order valence-corrected chi connectivity index (χ3v) is 7.02. The molecule has 1 heterocycles. The molecular weight excluding hydrogens is 380 g/mol. The molecule has 0 spiro atoms. The Morgan fingerprint density at radius 1 is 1.07 bits per heavy atom. The number of rotatable bonds is 5. The molecule has 2 aromatic rings. The maximum absolute atomic E-state index is 13.3. The number of hydroxylamine groups is 1. The van der Waals surface area contributed by atoms with E-state index in [1.165, 1.54) is 4.31 Å². The zero-order chi connectivity index (χ0) is 20.3. The highest BCUT2D eigenvalue weighted by atomic mass is 32.2. The summed E-state index contributed by atoms with van der Waals surface area (Å²) < 4.78 is 33.9. The van der Waals surface area contributed by atoms with Crippen molar-refractivity contribution in [2.75, 3.05) is 13.1 Å². The van der Waals surface area contributed by atoms with Gasteiger partial charge < -0.3 is 4.74 Å². The first kappa shape index (κ1) is 20.3. The van der Waals surface area contributed by atoms with Gasteiger partial charge >= 0.3 is 0 Å². The lowest BCUT2D eigenvalue weighted by atomic mass is 10.1. The number of hydrogen-bond acceptors (Lipinski definition) is 5. The minimum atomic E-state index is -3.89. The molecule has 0 atom stereocenters. The van der Waals surface area contributed by atoms with E-state index in [9.17, 15) is 13.2 Å². The Morgan fingerprint density at radius 2 is 1.68 bits per heavy atom. The molecule has 2 N–H and O–H groups in total. The van der Waals surface area contributed by atoms with Gasteiger partial charge in [-0.15, -0.1) is 0 Å². The lowest BCUT2D eigenvalue weighted by Crippen LogP contribution is -2.42. The Labute approximate surface area is 164 Å². The van der Waals surface area contributed by atoms with Gasteiger partial charge in [0.1, 0.15) is 11.9 Å². The minimum absolute atomic E-state index is 0.0230. The summed E-state index contributed by atoms with van der Waals surface area (Å²) in [7, 11) is -3.89. The summed E-state index contributed by atoms with van der Waals surface area (Å²) >= 11 is 0. The molecule has 0 unspecified atom stereocenters. The number of carbonyl (C=O) groups excluding carboxylic acids is 1. The molecule has 0 radical (unpaired) electrons. The SMILES string of the molecule is Cc1ccc(C)c(S(=O)(=O)N2CCC(Oc3ccccc3)CC2)c1C(=O)NO. The largest absolute Gasteiger partial charge is 0.490 e. The molecule has 0 aromatic heterocycles. The molecule has 1 aliphatic rings. The van der Waals surface area contributed by atoms with Crippen molar-refractivity contribution in [1.82, 2.24) is 9.79 Å². The summed E-state index contributed by atoms with van der Waals surface area (Å²) in [5.74, 6) is -0.0673. The van der Waals surface area contributed by atoms with Crippen LogP contribution in [0.4, 0.5) is 0 Å². The van der Waals surface area contributed by atoms with E-state index in [-0.39, 0.29) is 16.6 Å². The Hall–Kier alpha value is -2.42. The maximum atomic E-state index is 13.3. The van der Waals surface area contributed by atoms with Crippen molar-refractivity contribution in [3.05, 3.63) is 59.2 Å². The number of aryl methyl sites for hydroxylation is 2. The van der Waals surface area contributed by atoms with Crippen molar-refractivity contribution >= 4 is 15.9 Å². The zero-order valence-electron chi connectivity index (χ0n) is 15.9. The number of nitrogens with zero attached hydrogens (tertiary/aromatic N) is 1. The maximum Gasteiger partial charge on any atom is 0.276 e. The van der Waals surface area contributed by atoms with E-state index >= 15 is 0 Å². The zero-order valence-corrected chi connectivity index (χ0v) is 16.7. The van der Waals surface area contributed by atoms with Crippen molar-refractivity contribution in [3.63, 3.8) is 0 Å². The van der Waals surface area contributed by atoms with Crippen LogP contribution < -0.4 is 10.2 Å². The van der Waals surface area contributed by atoms with Crippen LogP contribution in [0.3, 0.4) is 0 Å². The van der Waals surface area contributed by atoms with Gasteiger partial charge in [-0.3, -0.25) is 10.0 Å². The fourth-order valence-corrected chi connectivity index (χ4v) is 5.40. The monoisotopic (exact) mass is 404 g/mol. The van der Waals surface area contributed by atoms with Crippen molar-refractivity contribution in [1.29, 1.82) is 0 Å². The second-order valence-electron chi connectivity index (χ2n) is 6.88. The Morgan fingerprint density at radius 3 is 2.29 bits per heavy atom. The third kappa shape index (κ3) is 4.04. The summed E-state index contributed by atoms with van der Waals surface area (Å²) in [4.78, 5) is 12.1. The molecular formula is C20H24N2O5S. The van der Waals surface area contributed by atoms with Crippen LogP contribution >= 0.6 is 0 Å². The Bertz CT molecular complexity index is 952. The number of ether oxygens (including phenoxy) is 1. The first-order valence-electron chi connectivity index (χ1n) is 9.11. The highest BCUT2D eigenvalue weighted by Gasteiger charge is 2.34. The number of hydrogen-bond donors (Lipinski definition) is 2. The van der Waals surface area contributed by atoms with E-state index in [4.69, 9.17) is 9.94 Å². The number of benzene rings is 2. The molecule has 7 nitrogen and oxygen atoms in total. The normalized spacial score (nSPS) is 16.0. The molecule has 1 fully saturated rings. The van der Waals surface area contributed by atoms with Crippen LogP contribution in [0.1, 0.15) is 34.3 Å². The van der Waals surface area contributed by atoms with E-state index in [2.05, 4.69) is 0 Å². The van der Waals surface area contributed by atoms with Crippen LogP contribution in [0.2, 0.25) is 0 Å². The number of sulfonamides is 1. The van der Waals surface area contributed by atoms with Gasteiger partial charge in [-0.2, -0.15) is 4.31 Å². The number of nitrogens with one attached hydrogen (secondary N) is 1. The van der Waals surface area contributed by atoms with Crippen LogP contribution in [0.25, 0.3) is 0 Å². The number of amides is 1. The molecule has 2 aromatic carbocycles. The van der Waals surface area contributed by atoms with Crippen molar-refractivity contribution in [2.45, 2.75) is 37.7 Å². The fraction of sp³-hybridized carbons (Fsp3) is 0.350. The second kappa shape index (κ2) is 8.30. The molecule has 1 amide bonds. The third-order valence-electron chi connectivity index (χ3n) is 4.94. The fourth-order valence-electron chi connectivity index (χ4n) is 3.47. The van der Waals surface area contributed by atoms with E-state index in [1.807, 2.05) is 30.3 Å². The van der Waals surface area contributed by atoms with Crippen LogP contribution in [0.5, 0.6) is 5.75 Å². The summed E-state index contributed by atoms with van der Waals surface area (Å²) in [5.41, 5.74) is 2.48. The van der Waals surface area contributed by atoms with Crippen molar-refractivity contribution in [2.24, 2.45) is 0 Å². The van der Waals surface area contributed by atoms with Gasteiger partial charge in [0.15, 0.2) is 0 Å². The van der Waals surface area contributed by atoms with Gasteiger partial charge in [-0.25, -0.2) is 13.9 Å². The molecule has 8 heteroatoms. The summed E-state index contributed by atoms with van der Waals surface area (Å²) in [6.07, 6.45) is 1.05. The summed E-state index contributed by atoms with van der Waals surface area (Å²) in [5, 5.41) is 9.05. The van der Waals surface area contributed by atoms with Gasteiger partial charge in [0.2, 0.25) is 10.0 Å². The number of piperidine rings is 1. The van der Waals surface area contributed by atoms with Gasteiger partial charge in [0.05, 0.1) is 10.5 Å². The lowest BCUT2D eigenvalue weighted by Gasteiger charge is -2.32. The Balaban J connectivity index is 1.82. The van der Waals surface area contributed by atoms with E-state index in [0.717, 1.165) is 5.75 Å². The molecule has 1 saturated heterocycles. The average Bonchev–Trinajstić information content (AvgIpc) is 2.70. The first-order valence-corrected chi connectivity index (χ1v) is 10.5. The molecule has 3 rings (SSSR count). The number of carbonyl (C=O) groups is 1. The summed E-state index contributed by atoms with van der Waals surface area (Å²) in [6, 6.07) is 12.8. The van der Waals surface area contributed by atoms with Gasteiger partial charge in [-0.1, -0.05) is 30.3 Å². The highest BCUT2D eigenvalue weighted by molar-refractivity contribution is 7.89. The van der Waals surface area contributed by atoms with Crippen molar-refractivity contribution in [3.8, 4) is 5.75 Å². The second-order valence-corrected chi connectivity index (χ2v) is 8.75. The average molecular weight is 404 g/mol. The first-order chi connectivity index (χ1) is 13.3. The lowest BCUT2D eigenvalue weighted by molar-refractivity contribution is 0.0701. The van der Waals surface area contributed by atoms with E-state index in [0.29, 0.717) is 37.1 Å². The van der Waals surface area contributed by atoms with Gasteiger partial charge in [0.25, 0.3) is 5.91 Å². The highest BCUT2D eigenvalue weighted by Crippen LogP contribution is 2.29. The Kier molecular flexibility index (Phi) is 6.02. The molecule has 0 bridgehead atoms. The summed E-state index contributed by atoms with van der Waals surface area (Å²) in [6.45, 7) is 3.88. The van der Waals surface area contributed by atoms with Crippen LogP contribution in [-0.2, 0) is 10.0 Å². The molecule has 0 aliphatic carbocycles. The quantitative estimate of drug-likeness (QED) is 0.590. The van der Waals surface area contributed by atoms with Crippen LogP contribution in [0, 0.1) is 13.8 Å². The van der Waals surface area contributed by atoms with Crippen LogP contribution in [0.15, 0.2) is 47.4 Å². The van der Waals surface area contributed by atoms with Crippen molar-refractivity contribution < 1.29 is 23.2 Å². The predicted octanol–water partition coefficient (Wildman–Crippen LogP) is 2.65. The number of para-hydroxylation sites is 1. The minimum Gasteiger partial charge on any atom is -0.490 e. The predicted molar refractivity (Wildman–Crippen MR) is 104 cm³/mol. The van der Waals surface area contributed by atoms with E-state index in [1.54, 1.807) is 31.5 Å². The van der Waals surface area contributed by atoms with Gasteiger partial charge in [0, 0.05) is 13.1 Å². The molecule has 0 saturated carbocycles. The molecule has 1 aliphatic heterocycles. The smallest absolute Gasteiger partial charge is 0.276 e. The van der Waals surface area contributed by atoms with Gasteiger partial charge in [-0.05, 0) is 49.9 Å². The molecule has 150 valence electrons.